The van der Waals surface area contributed by atoms with Crippen LogP contribution in [0.3, 0.4) is 0 Å². The number of rotatable bonds is 2. The third-order valence-corrected chi connectivity index (χ3v) is 3.42. The molecule has 0 unspecified atom stereocenters. The number of hydrogen-bond donors (Lipinski definition) is 2. The monoisotopic (exact) mass is 290 g/mol. The van der Waals surface area contributed by atoms with Gasteiger partial charge in [0.25, 0.3) is 11.8 Å². The van der Waals surface area contributed by atoms with Crippen LogP contribution in [0.25, 0.3) is 0 Å². The fourth-order valence-electron chi connectivity index (χ4n) is 2.11. The van der Waals surface area contributed by atoms with Crippen molar-refractivity contribution in [1.29, 1.82) is 0 Å². The van der Waals surface area contributed by atoms with Crippen LogP contribution in [-0.2, 0) is 9.59 Å². The first kappa shape index (κ1) is 14.7. The highest BCUT2D eigenvalue weighted by atomic mass is 16.4. The Labute approximate surface area is 120 Å². The first-order valence-electron chi connectivity index (χ1n) is 6.23. The molecule has 2 N–H and O–H groups in total. The van der Waals surface area contributed by atoms with Gasteiger partial charge in [-0.25, -0.2) is 4.79 Å². The molecule has 1 heterocycles. The van der Waals surface area contributed by atoms with Gasteiger partial charge >= 0.3 is 5.97 Å². The second kappa shape index (κ2) is 5.01. The SMILES string of the molecule is CC1(C)C(=O)NC(=O)CN1C(=O)c1ccccc1C(=O)O. The number of piperazine rings is 1. The van der Waals surface area contributed by atoms with Crippen molar-refractivity contribution in [3.63, 3.8) is 0 Å². The molecule has 1 aromatic carbocycles. The average Bonchev–Trinajstić information content (AvgIpc) is 2.42. The van der Waals surface area contributed by atoms with Gasteiger partial charge in [-0.15, -0.1) is 0 Å². The molecule has 7 nitrogen and oxygen atoms in total. The molecule has 0 bridgehead atoms. The molecule has 0 aliphatic carbocycles. The minimum atomic E-state index is -1.25. The molecule has 1 aliphatic heterocycles. The second-order valence-corrected chi connectivity index (χ2v) is 5.18. The molecular weight excluding hydrogens is 276 g/mol. The molecule has 1 saturated heterocycles. The van der Waals surface area contributed by atoms with Crippen molar-refractivity contribution in [2.24, 2.45) is 0 Å². The number of carboxylic acid groups (broad SMARTS) is 1. The first-order valence-corrected chi connectivity index (χ1v) is 6.23. The molecule has 0 saturated carbocycles. The fourth-order valence-corrected chi connectivity index (χ4v) is 2.11. The lowest BCUT2D eigenvalue weighted by molar-refractivity contribution is -0.143. The third-order valence-electron chi connectivity index (χ3n) is 3.42. The van der Waals surface area contributed by atoms with Gasteiger partial charge in [-0.3, -0.25) is 19.7 Å². The van der Waals surface area contributed by atoms with Gasteiger partial charge in [0.05, 0.1) is 11.1 Å². The maximum absolute atomic E-state index is 12.6. The first-order chi connectivity index (χ1) is 9.75. The van der Waals surface area contributed by atoms with Crippen LogP contribution in [0.5, 0.6) is 0 Å². The molecule has 1 aromatic rings. The van der Waals surface area contributed by atoms with Crippen LogP contribution in [0.4, 0.5) is 0 Å². The third kappa shape index (κ3) is 2.49. The van der Waals surface area contributed by atoms with Gasteiger partial charge in [-0.1, -0.05) is 12.1 Å². The number of carbonyl (C=O) groups is 4. The number of carboxylic acids is 1. The van der Waals surface area contributed by atoms with Gasteiger partial charge in [0, 0.05) is 0 Å². The van der Waals surface area contributed by atoms with Crippen molar-refractivity contribution in [2.75, 3.05) is 6.54 Å². The van der Waals surface area contributed by atoms with E-state index in [1.807, 2.05) is 0 Å². The summed E-state index contributed by atoms with van der Waals surface area (Å²) in [4.78, 5) is 48.2. The van der Waals surface area contributed by atoms with E-state index in [0.29, 0.717) is 0 Å². The molecule has 2 rings (SSSR count). The van der Waals surface area contributed by atoms with E-state index in [1.165, 1.54) is 38.1 Å². The Morgan fingerprint density at radius 3 is 2.33 bits per heavy atom. The van der Waals surface area contributed by atoms with Gasteiger partial charge < -0.3 is 10.0 Å². The number of hydrogen-bond acceptors (Lipinski definition) is 4. The van der Waals surface area contributed by atoms with Crippen molar-refractivity contribution in [1.82, 2.24) is 10.2 Å². The smallest absolute Gasteiger partial charge is 0.336 e. The van der Waals surface area contributed by atoms with Crippen LogP contribution in [-0.4, -0.2) is 45.8 Å². The summed E-state index contributed by atoms with van der Waals surface area (Å²) in [6.45, 7) is 2.69. The van der Waals surface area contributed by atoms with E-state index in [9.17, 15) is 19.2 Å². The quantitative estimate of drug-likeness (QED) is 0.760. The minimum Gasteiger partial charge on any atom is -0.478 e. The molecule has 1 aliphatic rings. The van der Waals surface area contributed by atoms with Crippen LogP contribution >= 0.6 is 0 Å². The number of carbonyl (C=O) groups excluding carboxylic acids is 3. The minimum absolute atomic E-state index is 0.0550. The summed E-state index contributed by atoms with van der Waals surface area (Å²) in [6, 6.07) is 5.69. The summed E-state index contributed by atoms with van der Waals surface area (Å²) in [6.07, 6.45) is 0. The highest BCUT2D eigenvalue weighted by molar-refractivity contribution is 6.11. The van der Waals surface area contributed by atoms with Gasteiger partial charge in [0.15, 0.2) is 0 Å². The van der Waals surface area contributed by atoms with E-state index in [-0.39, 0.29) is 17.7 Å². The normalized spacial score (nSPS) is 17.3. The number of imide groups is 1. The summed E-state index contributed by atoms with van der Waals surface area (Å²) >= 11 is 0. The molecule has 0 aromatic heterocycles. The van der Waals surface area contributed by atoms with E-state index in [0.717, 1.165) is 4.90 Å². The summed E-state index contributed by atoms with van der Waals surface area (Å²) in [5.74, 6) is -3.11. The maximum atomic E-state index is 12.6. The second-order valence-electron chi connectivity index (χ2n) is 5.18. The highest BCUT2D eigenvalue weighted by Gasteiger charge is 2.44. The molecule has 1 fully saturated rings. The lowest BCUT2D eigenvalue weighted by Gasteiger charge is -2.40. The molecule has 110 valence electrons. The van der Waals surface area contributed by atoms with E-state index in [2.05, 4.69) is 5.32 Å². The van der Waals surface area contributed by atoms with Crippen molar-refractivity contribution >= 4 is 23.7 Å². The lowest BCUT2D eigenvalue weighted by Crippen LogP contribution is -2.65. The standard InChI is InChI=1S/C14H14N2O5/c1-14(2)13(21)15-10(17)7-16(14)11(18)8-5-3-4-6-9(8)12(19)20/h3-6H,7H2,1-2H3,(H,19,20)(H,15,17,21). The van der Waals surface area contributed by atoms with Crippen molar-refractivity contribution in [3.8, 4) is 0 Å². The number of nitrogens with zero attached hydrogens (tertiary/aromatic N) is 1. The summed E-state index contributed by atoms with van der Waals surface area (Å²) in [5, 5.41) is 11.3. The topological polar surface area (TPSA) is 104 Å². The van der Waals surface area contributed by atoms with E-state index < -0.39 is 29.2 Å². The van der Waals surface area contributed by atoms with E-state index in [1.54, 1.807) is 0 Å². The number of aromatic carboxylic acids is 1. The van der Waals surface area contributed by atoms with Crippen molar-refractivity contribution in [2.45, 2.75) is 19.4 Å². The Hall–Kier alpha value is -2.70. The average molecular weight is 290 g/mol. The van der Waals surface area contributed by atoms with Gasteiger partial charge in [-0.05, 0) is 26.0 Å². The molecule has 3 amide bonds. The Bertz CT molecular complexity index is 651. The zero-order valence-corrected chi connectivity index (χ0v) is 11.5. The van der Waals surface area contributed by atoms with Gasteiger partial charge in [0.2, 0.25) is 5.91 Å². The Kier molecular flexibility index (Phi) is 3.51. The highest BCUT2D eigenvalue weighted by Crippen LogP contribution is 2.22. The number of benzene rings is 1. The Morgan fingerprint density at radius 2 is 1.76 bits per heavy atom. The van der Waals surface area contributed by atoms with Crippen molar-refractivity contribution < 1.29 is 24.3 Å². The fraction of sp³-hybridized carbons (Fsp3) is 0.286. The zero-order chi connectivity index (χ0) is 15.8. The summed E-state index contributed by atoms with van der Waals surface area (Å²) in [7, 11) is 0. The Morgan fingerprint density at radius 1 is 1.19 bits per heavy atom. The predicted octanol–water partition coefficient (Wildman–Crippen LogP) is 0.262. The molecule has 0 atom stereocenters. The lowest BCUT2D eigenvalue weighted by atomic mass is 9.96. The molecule has 0 radical (unpaired) electrons. The van der Waals surface area contributed by atoms with Crippen molar-refractivity contribution in [3.05, 3.63) is 35.4 Å². The van der Waals surface area contributed by atoms with Crippen LogP contribution < -0.4 is 5.32 Å². The van der Waals surface area contributed by atoms with Gasteiger partial charge in [-0.2, -0.15) is 0 Å². The van der Waals surface area contributed by atoms with Crippen LogP contribution in [0.1, 0.15) is 34.6 Å². The summed E-state index contributed by atoms with van der Waals surface area (Å²) < 4.78 is 0. The van der Waals surface area contributed by atoms with Gasteiger partial charge in [0.1, 0.15) is 12.1 Å². The molecule has 0 spiro atoms. The molecular formula is C14H14N2O5. The predicted molar refractivity (Wildman–Crippen MR) is 71.7 cm³/mol. The molecule has 21 heavy (non-hydrogen) atoms. The molecule has 7 heteroatoms. The maximum Gasteiger partial charge on any atom is 0.336 e. The van der Waals surface area contributed by atoms with Crippen LogP contribution in [0.2, 0.25) is 0 Å². The zero-order valence-electron chi connectivity index (χ0n) is 11.5. The Balaban J connectivity index is 2.46. The van der Waals surface area contributed by atoms with E-state index in [4.69, 9.17) is 5.11 Å². The number of amides is 3. The van der Waals surface area contributed by atoms with E-state index >= 15 is 0 Å². The largest absolute Gasteiger partial charge is 0.478 e. The van der Waals surface area contributed by atoms with Crippen LogP contribution in [0, 0.1) is 0 Å². The number of nitrogens with one attached hydrogen (secondary N) is 1. The van der Waals surface area contributed by atoms with Crippen LogP contribution in [0.15, 0.2) is 24.3 Å². The summed E-state index contributed by atoms with van der Waals surface area (Å²) in [5.41, 5.74) is -1.46.